The number of carbonyl (C=O) groups excluding carboxylic acids is 1. The highest BCUT2D eigenvalue weighted by molar-refractivity contribution is 5.94. The quantitative estimate of drug-likeness (QED) is 0.806. The molecule has 0 bridgehead atoms. The number of hydrogen-bond donors (Lipinski definition) is 2. The molecule has 1 atom stereocenters. The van der Waals surface area contributed by atoms with Gasteiger partial charge in [0.25, 0.3) is 5.91 Å². The highest BCUT2D eigenvalue weighted by Crippen LogP contribution is 2.14. The number of ether oxygens (including phenoxy) is 1. The lowest BCUT2D eigenvalue weighted by Crippen LogP contribution is -2.20. The Morgan fingerprint density at radius 1 is 1.38 bits per heavy atom. The Bertz CT molecular complexity index is 356. The maximum atomic E-state index is 11.3. The zero-order valence-electron chi connectivity index (χ0n) is 9.32. The Morgan fingerprint density at radius 3 is 2.69 bits per heavy atom. The average molecular weight is 220 g/mol. The summed E-state index contributed by atoms with van der Waals surface area (Å²) in [6, 6.07) is 7.87. The average Bonchev–Trinajstić information content (AvgIpc) is 2.82. The van der Waals surface area contributed by atoms with Crippen LogP contribution in [0.25, 0.3) is 0 Å². The molecule has 1 fully saturated rings. The van der Waals surface area contributed by atoms with Crippen LogP contribution in [0.2, 0.25) is 0 Å². The summed E-state index contributed by atoms with van der Waals surface area (Å²) in [7, 11) is 1.63. The van der Waals surface area contributed by atoms with Gasteiger partial charge in [-0.05, 0) is 30.7 Å². The third kappa shape index (κ3) is 2.52. The molecule has 1 heterocycles. The Labute approximate surface area is 95.0 Å². The molecule has 2 N–H and O–H groups in total. The standard InChI is InChI=1S/C12H16N2O2/c1-13-12(15)9-2-4-10(5-3-9)14-11-6-7-16-8-11/h2-5,11,14H,6-8H2,1H3,(H,13,15). The van der Waals surface area contributed by atoms with Gasteiger partial charge in [0.2, 0.25) is 0 Å². The van der Waals surface area contributed by atoms with Crippen molar-refractivity contribution in [1.29, 1.82) is 0 Å². The molecule has 4 heteroatoms. The van der Waals surface area contributed by atoms with Gasteiger partial charge >= 0.3 is 0 Å². The Morgan fingerprint density at radius 2 is 2.12 bits per heavy atom. The van der Waals surface area contributed by atoms with E-state index in [0.717, 1.165) is 25.3 Å². The molecule has 86 valence electrons. The van der Waals surface area contributed by atoms with Crippen LogP contribution in [0.5, 0.6) is 0 Å². The summed E-state index contributed by atoms with van der Waals surface area (Å²) >= 11 is 0. The first-order valence-corrected chi connectivity index (χ1v) is 5.46. The van der Waals surface area contributed by atoms with Crippen molar-refractivity contribution >= 4 is 11.6 Å². The molecule has 1 aromatic carbocycles. The van der Waals surface area contributed by atoms with Crippen molar-refractivity contribution in [3.05, 3.63) is 29.8 Å². The fraction of sp³-hybridized carbons (Fsp3) is 0.417. The van der Waals surface area contributed by atoms with Gasteiger partial charge < -0.3 is 15.4 Å². The van der Waals surface area contributed by atoms with Crippen molar-refractivity contribution in [2.75, 3.05) is 25.6 Å². The van der Waals surface area contributed by atoms with Crippen molar-refractivity contribution in [1.82, 2.24) is 5.32 Å². The molecule has 1 amide bonds. The normalized spacial score (nSPS) is 19.4. The third-order valence-corrected chi connectivity index (χ3v) is 2.67. The first-order valence-electron chi connectivity index (χ1n) is 5.46. The molecule has 1 unspecified atom stereocenters. The lowest BCUT2D eigenvalue weighted by molar-refractivity contribution is 0.0963. The predicted octanol–water partition coefficient (Wildman–Crippen LogP) is 1.25. The smallest absolute Gasteiger partial charge is 0.251 e. The van der Waals surface area contributed by atoms with Gasteiger partial charge in [0.1, 0.15) is 0 Å². The Balaban J connectivity index is 1.98. The van der Waals surface area contributed by atoms with Gasteiger partial charge in [-0.2, -0.15) is 0 Å². The van der Waals surface area contributed by atoms with Crippen molar-refractivity contribution in [2.24, 2.45) is 0 Å². The second kappa shape index (κ2) is 4.99. The van der Waals surface area contributed by atoms with Crippen LogP contribution in [0.3, 0.4) is 0 Å². The van der Waals surface area contributed by atoms with E-state index in [1.54, 1.807) is 7.05 Å². The molecule has 1 aromatic rings. The van der Waals surface area contributed by atoms with Crippen molar-refractivity contribution in [3.63, 3.8) is 0 Å². The van der Waals surface area contributed by atoms with E-state index in [1.165, 1.54) is 0 Å². The van der Waals surface area contributed by atoms with E-state index >= 15 is 0 Å². The summed E-state index contributed by atoms with van der Waals surface area (Å²) in [4.78, 5) is 11.3. The number of hydrogen-bond acceptors (Lipinski definition) is 3. The number of amides is 1. The molecule has 4 nitrogen and oxygen atoms in total. The second-order valence-corrected chi connectivity index (χ2v) is 3.86. The molecule has 0 saturated carbocycles. The molecule has 1 aliphatic heterocycles. The highest BCUT2D eigenvalue weighted by Gasteiger charge is 2.14. The maximum Gasteiger partial charge on any atom is 0.251 e. The van der Waals surface area contributed by atoms with Gasteiger partial charge in [-0.15, -0.1) is 0 Å². The van der Waals surface area contributed by atoms with Gasteiger partial charge in [-0.25, -0.2) is 0 Å². The summed E-state index contributed by atoms with van der Waals surface area (Å²) < 4.78 is 5.28. The van der Waals surface area contributed by atoms with E-state index in [0.29, 0.717) is 11.6 Å². The monoisotopic (exact) mass is 220 g/mol. The Hall–Kier alpha value is -1.55. The zero-order chi connectivity index (χ0) is 11.4. The minimum atomic E-state index is -0.0595. The van der Waals surface area contributed by atoms with Crippen LogP contribution < -0.4 is 10.6 Å². The fourth-order valence-electron chi connectivity index (χ4n) is 1.75. The van der Waals surface area contributed by atoms with E-state index in [4.69, 9.17) is 4.74 Å². The summed E-state index contributed by atoms with van der Waals surface area (Å²) in [6.07, 6.45) is 1.04. The summed E-state index contributed by atoms with van der Waals surface area (Å²) in [5, 5.41) is 5.96. The molecule has 1 aliphatic rings. The van der Waals surface area contributed by atoms with E-state index in [2.05, 4.69) is 10.6 Å². The zero-order valence-corrected chi connectivity index (χ0v) is 9.32. The van der Waals surface area contributed by atoms with Gasteiger partial charge in [-0.1, -0.05) is 0 Å². The van der Waals surface area contributed by atoms with Crippen LogP contribution in [-0.2, 0) is 4.74 Å². The van der Waals surface area contributed by atoms with Crippen LogP contribution in [0.4, 0.5) is 5.69 Å². The lowest BCUT2D eigenvalue weighted by atomic mass is 10.1. The van der Waals surface area contributed by atoms with E-state index in [-0.39, 0.29) is 5.91 Å². The van der Waals surface area contributed by atoms with Crippen LogP contribution >= 0.6 is 0 Å². The number of anilines is 1. The van der Waals surface area contributed by atoms with Crippen molar-refractivity contribution in [2.45, 2.75) is 12.5 Å². The Kier molecular flexibility index (Phi) is 3.41. The molecule has 2 rings (SSSR count). The lowest BCUT2D eigenvalue weighted by Gasteiger charge is -2.12. The summed E-state index contributed by atoms with van der Waals surface area (Å²) in [6.45, 7) is 1.59. The number of nitrogens with one attached hydrogen (secondary N) is 2. The largest absolute Gasteiger partial charge is 0.380 e. The third-order valence-electron chi connectivity index (χ3n) is 2.67. The molecular weight excluding hydrogens is 204 g/mol. The molecular formula is C12H16N2O2. The minimum absolute atomic E-state index is 0.0595. The van der Waals surface area contributed by atoms with Gasteiger partial charge in [0.05, 0.1) is 12.6 Å². The van der Waals surface area contributed by atoms with E-state index in [9.17, 15) is 4.79 Å². The van der Waals surface area contributed by atoms with Crippen molar-refractivity contribution in [3.8, 4) is 0 Å². The van der Waals surface area contributed by atoms with Gasteiger partial charge in [0, 0.05) is 24.9 Å². The number of rotatable bonds is 3. The van der Waals surface area contributed by atoms with E-state index in [1.807, 2.05) is 24.3 Å². The maximum absolute atomic E-state index is 11.3. The fourth-order valence-corrected chi connectivity index (χ4v) is 1.75. The van der Waals surface area contributed by atoms with Crippen LogP contribution in [0.1, 0.15) is 16.8 Å². The SMILES string of the molecule is CNC(=O)c1ccc(NC2CCOC2)cc1. The van der Waals surface area contributed by atoms with E-state index < -0.39 is 0 Å². The molecule has 1 saturated heterocycles. The van der Waals surface area contributed by atoms with Gasteiger partial charge in [0.15, 0.2) is 0 Å². The summed E-state index contributed by atoms with van der Waals surface area (Å²) in [5.41, 5.74) is 1.71. The predicted molar refractivity (Wildman–Crippen MR) is 62.7 cm³/mol. The van der Waals surface area contributed by atoms with Crippen LogP contribution in [0.15, 0.2) is 24.3 Å². The topological polar surface area (TPSA) is 50.4 Å². The molecule has 16 heavy (non-hydrogen) atoms. The highest BCUT2D eigenvalue weighted by atomic mass is 16.5. The van der Waals surface area contributed by atoms with Crippen LogP contribution in [-0.4, -0.2) is 32.2 Å². The second-order valence-electron chi connectivity index (χ2n) is 3.86. The molecule has 0 radical (unpaired) electrons. The summed E-state index contributed by atoms with van der Waals surface area (Å²) in [5.74, 6) is -0.0595. The molecule has 0 aliphatic carbocycles. The first kappa shape index (κ1) is 11.0. The minimum Gasteiger partial charge on any atom is -0.380 e. The number of benzene rings is 1. The molecule has 0 spiro atoms. The van der Waals surface area contributed by atoms with Crippen molar-refractivity contribution < 1.29 is 9.53 Å². The van der Waals surface area contributed by atoms with Gasteiger partial charge in [-0.3, -0.25) is 4.79 Å². The van der Waals surface area contributed by atoms with Crippen LogP contribution in [0, 0.1) is 0 Å². The molecule has 0 aromatic heterocycles. The number of carbonyl (C=O) groups is 1. The first-order chi connectivity index (χ1) is 7.79.